The van der Waals surface area contributed by atoms with Crippen molar-refractivity contribution in [1.29, 1.82) is 0 Å². The molecule has 29 heavy (non-hydrogen) atoms. The molecule has 0 aliphatic carbocycles. The first kappa shape index (κ1) is 20.3. The molecule has 1 aromatic carbocycles. The Morgan fingerprint density at radius 2 is 1.79 bits per heavy atom. The molecule has 1 aromatic rings. The van der Waals surface area contributed by atoms with E-state index in [4.69, 9.17) is 0 Å². The Labute approximate surface area is 172 Å². The first-order valence-corrected chi connectivity index (χ1v) is 11.9. The van der Waals surface area contributed by atoms with Crippen LogP contribution < -0.4 is 4.90 Å². The molecule has 0 bridgehead atoms. The number of carbonyl (C=O) groups is 2. The zero-order chi connectivity index (χ0) is 20.8. The van der Waals surface area contributed by atoms with Gasteiger partial charge in [-0.25, -0.2) is 8.42 Å². The molecule has 7 nitrogen and oxygen atoms in total. The molecule has 0 spiro atoms. The van der Waals surface area contributed by atoms with E-state index in [0.29, 0.717) is 19.4 Å². The maximum atomic E-state index is 13.3. The van der Waals surface area contributed by atoms with Crippen LogP contribution in [0.3, 0.4) is 0 Å². The normalized spacial score (nSPS) is 25.3. The van der Waals surface area contributed by atoms with Crippen LogP contribution in [0.25, 0.3) is 0 Å². The number of nitrogens with zero attached hydrogens (tertiary/aromatic N) is 3. The fourth-order valence-electron chi connectivity index (χ4n) is 4.95. The second-order valence-corrected chi connectivity index (χ2v) is 10.4. The summed E-state index contributed by atoms with van der Waals surface area (Å²) in [6.07, 6.45) is 4.16. The summed E-state index contributed by atoms with van der Waals surface area (Å²) in [5.41, 5.74) is 1.68. The van der Waals surface area contributed by atoms with Gasteiger partial charge in [-0.2, -0.15) is 4.31 Å². The Morgan fingerprint density at radius 3 is 2.48 bits per heavy atom. The Balaban J connectivity index is 1.55. The van der Waals surface area contributed by atoms with E-state index in [2.05, 4.69) is 0 Å². The monoisotopic (exact) mass is 419 g/mol. The minimum absolute atomic E-state index is 0.0258. The second-order valence-electron chi connectivity index (χ2n) is 8.47. The van der Waals surface area contributed by atoms with Crippen molar-refractivity contribution in [2.24, 2.45) is 5.92 Å². The SMILES string of the molecule is CC(=O)N1c2ccc(S(=O)(=O)N3CCC[C@@H](C(=O)N4CCCC4)C3)cc2C[C@H]1C. The van der Waals surface area contributed by atoms with Gasteiger partial charge in [-0.05, 0) is 62.8 Å². The minimum atomic E-state index is -3.67. The molecule has 0 saturated carbocycles. The van der Waals surface area contributed by atoms with Gasteiger partial charge >= 0.3 is 0 Å². The second kappa shape index (κ2) is 7.72. The smallest absolute Gasteiger partial charge is 0.243 e. The molecule has 3 aliphatic heterocycles. The summed E-state index contributed by atoms with van der Waals surface area (Å²) in [5, 5.41) is 0. The van der Waals surface area contributed by atoms with E-state index in [-0.39, 0.29) is 35.2 Å². The van der Waals surface area contributed by atoms with Gasteiger partial charge in [0.2, 0.25) is 21.8 Å². The highest BCUT2D eigenvalue weighted by Crippen LogP contribution is 2.35. The summed E-state index contributed by atoms with van der Waals surface area (Å²) < 4.78 is 28.1. The van der Waals surface area contributed by atoms with Crippen molar-refractivity contribution in [3.05, 3.63) is 23.8 Å². The highest BCUT2D eigenvalue weighted by molar-refractivity contribution is 7.89. The molecule has 3 heterocycles. The van der Waals surface area contributed by atoms with Gasteiger partial charge in [0.05, 0.1) is 10.8 Å². The first-order valence-electron chi connectivity index (χ1n) is 10.5. The third-order valence-corrected chi connectivity index (χ3v) is 8.26. The number of likely N-dealkylation sites (tertiary alicyclic amines) is 1. The first-order chi connectivity index (χ1) is 13.8. The van der Waals surface area contributed by atoms with Gasteiger partial charge in [0.1, 0.15) is 0 Å². The topological polar surface area (TPSA) is 78.0 Å². The van der Waals surface area contributed by atoms with Crippen molar-refractivity contribution in [2.45, 2.75) is 56.9 Å². The van der Waals surface area contributed by atoms with Gasteiger partial charge < -0.3 is 9.80 Å². The number of amides is 2. The molecule has 0 radical (unpaired) electrons. The van der Waals surface area contributed by atoms with E-state index < -0.39 is 10.0 Å². The van der Waals surface area contributed by atoms with Crippen LogP contribution in [0.5, 0.6) is 0 Å². The molecule has 0 aromatic heterocycles. The van der Waals surface area contributed by atoms with Gasteiger partial charge in [0.15, 0.2) is 0 Å². The molecule has 2 fully saturated rings. The molecule has 0 unspecified atom stereocenters. The average molecular weight is 420 g/mol. The van der Waals surface area contributed by atoms with E-state index in [9.17, 15) is 18.0 Å². The van der Waals surface area contributed by atoms with Crippen molar-refractivity contribution in [3.63, 3.8) is 0 Å². The van der Waals surface area contributed by atoms with Gasteiger partial charge in [0.25, 0.3) is 0 Å². The standard InChI is InChI=1S/C21H29N3O4S/c1-15-12-18-13-19(7-8-20(18)24(15)16(2)25)29(27,28)23-11-5-6-17(14-23)21(26)22-9-3-4-10-22/h7-8,13,15,17H,3-6,9-12,14H2,1-2H3/t15-,17-/m1/s1. The van der Waals surface area contributed by atoms with Crippen LogP contribution in [0.2, 0.25) is 0 Å². The predicted octanol–water partition coefficient (Wildman–Crippen LogP) is 2.01. The lowest BCUT2D eigenvalue weighted by Crippen LogP contribution is -2.46. The number of hydrogen-bond acceptors (Lipinski definition) is 4. The third-order valence-electron chi connectivity index (χ3n) is 6.39. The lowest BCUT2D eigenvalue weighted by Gasteiger charge is -2.33. The van der Waals surface area contributed by atoms with E-state index >= 15 is 0 Å². The van der Waals surface area contributed by atoms with E-state index in [1.54, 1.807) is 23.1 Å². The van der Waals surface area contributed by atoms with Gasteiger partial charge in [-0.1, -0.05) is 0 Å². The Kier molecular flexibility index (Phi) is 5.42. The van der Waals surface area contributed by atoms with Gasteiger partial charge in [0, 0.05) is 44.8 Å². The van der Waals surface area contributed by atoms with Crippen molar-refractivity contribution in [2.75, 3.05) is 31.1 Å². The molecule has 2 atom stereocenters. The quantitative estimate of drug-likeness (QED) is 0.751. The fraction of sp³-hybridized carbons (Fsp3) is 0.619. The number of anilines is 1. The summed E-state index contributed by atoms with van der Waals surface area (Å²) in [5.74, 6) is -0.187. The van der Waals surface area contributed by atoms with Crippen LogP contribution in [-0.4, -0.2) is 61.7 Å². The van der Waals surface area contributed by atoms with Gasteiger partial charge in [-0.15, -0.1) is 0 Å². The van der Waals surface area contributed by atoms with Crippen molar-refractivity contribution >= 4 is 27.5 Å². The largest absolute Gasteiger partial charge is 0.342 e. The predicted molar refractivity (Wildman–Crippen MR) is 110 cm³/mol. The van der Waals surface area contributed by atoms with Crippen LogP contribution in [-0.2, 0) is 26.0 Å². The van der Waals surface area contributed by atoms with E-state index in [0.717, 1.165) is 43.6 Å². The molecule has 8 heteroatoms. The molecular formula is C21H29N3O4S. The maximum absolute atomic E-state index is 13.3. The molecule has 158 valence electrons. The van der Waals surface area contributed by atoms with Crippen molar-refractivity contribution in [1.82, 2.24) is 9.21 Å². The van der Waals surface area contributed by atoms with Crippen molar-refractivity contribution in [3.8, 4) is 0 Å². The van der Waals surface area contributed by atoms with Crippen LogP contribution in [0.15, 0.2) is 23.1 Å². The highest BCUT2D eigenvalue weighted by Gasteiger charge is 2.37. The van der Waals surface area contributed by atoms with Gasteiger partial charge in [-0.3, -0.25) is 9.59 Å². The summed E-state index contributed by atoms with van der Waals surface area (Å²) in [6, 6.07) is 5.06. The lowest BCUT2D eigenvalue weighted by atomic mass is 9.98. The molecular weight excluding hydrogens is 390 g/mol. The zero-order valence-corrected chi connectivity index (χ0v) is 18.0. The fourth-order valence-corrected chi connectivity index (χ4v) is 6.53. The molecule has 2 saturated heterocycles. The molecule has 4 rings (SSSR count). The maximum Gasteiger partial charge on any atom is 0.243 e. The number of benzene rings is 1. The van der Waals surface area contributed by atoms with Crippen LogP contribution in [0.1, 0.15) is 45.1 Å². The number of hydrogen-bond donors (Lipinski definition) is 0. The van der Waals surface area contributed by atoms with Crippen LogP contribution in [0, 0.1) is 5.92 Å². The lowest BCUT2D eigenvalue weighted by molar-refractivity contribution is -0.135. The Morgan fingerprint density at radius 1 is 1.07 bits per heavy atom. The number of carbonyl (C=O) groups excluding carboxylic acids is 2. The molecule has 0 N–H and O–H groups in total. The average Bonchev–Trinajstić information content (AvgIpc) is 3.33. The van der Waals surface area contributed by atoms with E-state index in [1.165, 1.54) is 11.2 Å². The number of rotatable bonds is 3. The summed E-state index contributed by atoms with van der Waals surface area (Å²) in [7, 11) is -3.67. The number of fused-ring (bicyclic) bond motifs is 1. The van der Waals surface area contributed by atoms with Crippen LogP contribution >= 0.6 is 0 Å². The summed E-state index contributed by atoms with van der Waals surface area (Å²) >= 11 is 0. The van der Waals surface area contributed by atoms with Crippen LogP contribution in [0.4, 0.5) is 5.69 Å². The van der Waals surface area contributed by atoms with E-state index in [1.807, 2.05) is 11.8 Å². The molecule has 3 aliphatic rings. The minimum Gasteiger partial charge on any atom is -0.342 e. The third kappa shape index (κ3) is 3.68. The number of piperidine rings is 1. The summed E-state index contributed by atoms with van der Waals surface area (Å²) in [6.45, 7) is 5.77. The van der Waals surface area contributed by atoms with Crippen molar-refractivity contribution < 1.29 is 18.0 Å². The highest BCUT2D eigenvalue weighted by atomic mass is 32.2. The Hall–Kier alpha value is -1.93. The Bertz CT molecular complexity index is 924. The zero-order valence-electron chi connectivity index (χ0n) is 17.1. The molecule has 2 amide bonds. The number of sulfonamides is 1. The summed E-state index contributed by atoms with van der Waals surface area (Å²) in [4.78, 5) is 28.5.